The van der Waals surface area contributed by atoms with Crippen LogP contribution >= 0.6 is 22.9 Å². The van der Waals surface area contributed by atoms with Crippen molar-refractivity contribution in [1.82, 2.24) is 0 Å². The van der Waals surface area contributed by atoms with Gasteiger partial charge in [-0.2, -0.15) is 0 Å². The highest BCUT2D eigenvalue weighted by Crippen LogP contribution is 2.30. The molecule has 0 bridgehead atoms. The number of ether oxygens (including phenoxy) is 1. The number of methoxy groups -OCH3 is 1. The SMILES string of the molecule is COc1ccc(C(=O)c2scc(C)c2Cl)c(F)c1. The van der Waals surface area contributed by atoms with Crippen LogP contribution in [0.4, 0.5) is 4.39 Å². The van der Waals surface area contributed by atoms with Gasteiger partial charge in [0.15, 0.2) is 0 Å². The second-order valence-electron chi connectivity index (χ2n) is 3.74. The molecule has 1 heterocycles. The zero-order chi connectivity index (χ0) is 13.3. The standard InChI is InChI=1S/C13H10ClFO2S/c1-7-6-18-13(11(7)14)12(16)9-4-3-8(17-2)5-10(9)15/h3-6H,1-2H3. The lowest BCUT2D eigenvalue weighted by atomic mass is 10.1. The number of rotatable bonds is 3. The van der Waals surface area contributed by atoms with Crippen LogP contribution in [-0.4, -0.2) is 12.9 Å². The number of carbonyl (C=O) groups excluding carboxylic acids is 1. The fraction of sp³-hybridized carbons (Fsp3) is 0.154. The van der Waals surface area contributed by atoms with E-state index in [9.17, 15) is 9.18 Å². The molecule has 2 rings (SSSR count). The molecule has 0 spiro atoms. The summed E-state index contributed by atoms with van der Waals surface area (Å²) >= 11 is 7.23. The Morgan fingerprint density at radius 2 is 2.17 bits per heavy atom. The number of hydrogen-bond donors (Lipinski definition) is 0. The van der Waals surface area contributed by atoms with Crippen LogP contribution in [0.25, 0.3) is 0 Å². The summed E-state index contributed by atoms with van der Waals surface area (Å²) in [6.07, 6.45) is 0. The molecule has 2 nitrogen and oxygen atoms in total. The van der Waals surface area contributed by atoms with Crippen molar-refractivity contribution in [1.29, 1.82) is 0 Å². The van der Waals surface area contributed by atoms with Gasteiger partial charge in [0, 0.05) is 6.07 Å². The van der Waals surface area contributed by atoms with Gasteiger partial charge in [0.25, 0.3) is 0 Å². The van der Waals surface area contributed by atoms with E-state index in [2.05, 4.69) is 0 Å². The van der Waals surface area contributed by atoms with E-state index in [4.69, 9.17) is 16.3 Å². The molecule has 0 unspecified atom stereocenters. The molecule has 0 saturated carbocycles. The topological polar surface area (TPSA) is 26.3 Å². The molecule has 94 valence electrons. The number of ketones is 1. The Balaban J connectivity index is 2.43. The second-order valence-corrected chi connectivity index (χ2v) is 4.99. The summed E-state index contributed by atoms with van der Waals surface area (Å²) in [5, 5.41) is 2.16. The van der Waals surface area contributed by atoms with Crippen molar-refractivity contribution in [2.45, 2.75) is 6.92 Å². The number of halogens is 2. The van der Waals surface area contributed by atoms with Gasteiger partial charge in [0.2, 0.25) is 5.78 Å². The van der Waals surface area contributed by atoms with E-state index >= 15 is 0 Å². The number of thiophene rings is 1. The first-order valence-electron chi connectivity index (χ1n) is 5.16. The second kappa shape index (κ2) is 5.08. The molecule has 1 aromatic heterocycles. The maximum absolute atomic E-state index is 13.8. The summed E-state index contributed by atoms with van der Waals surface area (Å²) in [5.41, 5.74) is 0.818. The van der Waals surface area contributed by atoms with Crippen molar-refractivity contribution in [2.24, 2.45) is 0 Å². The summed E-state index contributed by atoms with van der Waals surface area (Å²) in [6, 6.07) is 4.13. The lowest BCUT2D eigenvalue weighted by Crippen LogP contribution is -2.03. The van der Waals surface area contributed by atoms with E-state index in [1.165, 1.54) is 30.6 Å². The molecule has 0 radical (unpaired) electrons. The zero-order valence-corrected chi connectivity index (χ0v) is 11.4. The number of hydrogen-bond acceptors (Lipinski definition) is 3. The van der Waals surface area contributed by atoms with Gasteiger partial charge in [-0.25, -0.2) is 4.39 Å². The van der Waals surface area contributed by atoms with Crippen LogP contribution in [0.5, 0.6) is 5.75 Å². The van der Waals surface area contributed by atoms with E-state index in [0.29, 0.717) is 15.6 Å². The summed E-state index contributed by atoms with van der Waals surface area (Å²) in [5.74, 6) is -0.641. The number of aryl methyl sites for hydroxylation is 1. The minimum atomic E-state index is -0.610. The monoisotopic (exact) mass is 284 g/mol. The third-order valence-electron chi connectivity index (χ3n) is 2.53. The maximum atomic E-state index is 13.8. The average molecular weight is 285 g/mol. The lowest BCUT2D eigenvalue weighted by molar-refractivity contribution is 0.103. The fourth-order valence-corrected chi connectivity index (χ4v) is 2.74. The van der Waals surface area contributed by atoms with Crippen molar-refractivity contribution < 1.29 is 13.9 Å². The van der Waals surface area contributed by atoms with Gasteiger partial charge >= 0.3 is 0 Å². The molecule has 0 N–H and O–H groups in total. The van der Waals surface area contributed by atoms with E-state index < -0.39 is 11.6 Å². The Morgan fingerprint density at radius 3 is 2.67 bits per heavy atom. The summed E-state index contributed by atoms with van der Waals surface area (Å²) in [4.78, 5) is 12.5. The molecule has 0 atom stereocenters. The largest absolute Gasteiger partial charge is 0.497 e. The highest BCUT2D eigenvalue weighted by Gasteiger charge is 2.19. The molecule has 0 saturated heterocycles. The van der Waals surface area contributed by atoms with Gasteiger partial charge in [-0.15, -0.1) is 11.3 Å². The summed E-state index contributed by atoms with van der Waals surface area (Å²) in [7, 11) is 1.44. The maximum Gasteiger partial charge on any atom is 0.207 e. The third-order valence-corrected chi connectivity index (χ3v) is 4.22. The van der Waals surface area contributed by atoms with Crippen LogP contribution < -0.4 is 4.74 Å². The molecule has 0 aliphatic heterocycles. The Morgan fingerprint density at radius 1 is 1.44 bits per heavy atom. The first-order chi connectivity index (χ1) is 8.54. The Bertz CT molecular complexity index is 607. The normalized spacial score (nSPS) is 10.4. The molecule has 18 heavy (non-hydrogen) atoms. The van der Waals surface area contributed by atoms with Crippen molar-refractivity contribution in [2.75, 3.05) is 7.11 Å². The van der Waals surface area contributed by atoms with Crippen LogP contribution in [0.3, 0.4) is 0 Å². The van der Waals surface area contributed by atoms with Crippen LogP contribution in [0, 0.1) is 12.7 Å². The molecule has 5 heteroatoms. The first-order valence-corrected chi connectivity index (χ1v) is 6.42. The van der Waals surface area contributed by atoms with Gasteiger partial charge < -0.3 is 4.74 Å². The quantitative estimate of drug-likeness (QED) is 0.794. The Kier molecular flexibility index (Phi) is 3.68. The van der Waals surface area contributed by atoms with Crippen molar-refractivity contribution in [3.8, 4) is 5.75 Å². The van der Waals surface area contributed by atoms with Crippen molar-refractivity contribution in [3.63, 3.8) is 0 Å². The van der Waals surface area contributed by atoms with Gasteiger partial charge in [-0.05, 0) is 30.0 Å². The highest BCUT2D eigenvalue weighted by molar-refractivity contribution is 7.13. The zero-order valence-electron chi connectivity index (χ0n) is 9.79. The Hall–Kier alpha value is -1.39. The third kappa shape index (κ3) is 2.26. The first kappa shape index (κ1) is 13.1. The molecule has 1 aromatic carbocycles. The van der Waals surface area contributed by atoms with Gasteiger partial charge in [-0.1, -0.05) is 11.6 Å². The van der Waals surface area contributed by atoms with Crippen LogP contribution in [-0.2, 0) is 0 Å². The van der Waals surface area contributed by atoms with E-state index in [1.54, 1.807) is 18.4 Å². The molecular formula is C13H10ClFO2S. The van der Waals surface area contributed by atoms with Gasteiger partial charge in [0.05, 0.1) is 22.6 Å². The van der Waals surface area contributed by atoms with E-state index in [-0.39, 0.29) is 5.56 Å². The summed E-state index contributed by atoms with van der Waals surface area (Å²) < 4.78 is 18.7. The smallest absolute Gasteiger partial charge is 0.207 e. The van der Waals surface area contributed by atoms with Gasteiger partial charge in [0.1, 0.15) is 11.6 Å². The molecule has 0 aliphatic rings. The van der Waals surface area contributed by atoms with Crippen LogP contribution in [0.1, 0.15) is 20.8 Å². The van der Waals surface area contributed by atoms with Gasteiger partial charge in [-0.3, -0.25) is 4.79 Å². The lowest BCUT2D eigenvalue weighted by Gasteiger charge is -2.04. The average Bonchev–Trinajstić information content (AvgIpc) is 2.69. The molecule has 0 aliphatic carbocycles. The number of carbonyl (C=O) groups is 1. The fourth-order valence-electron chi connectivity index (χ4n) is 1.51. The Labute approximate surface area is 113 Å². The minimum Gasteiger partial charge on any atom is -0.497 e. The van der Waals surface area contributed by atoms with E-state index in [0.717, 1.165) is 5.56 Å². The van der Waals surface area contributed by atoms with Crippen molar-refractivity contribution >= 4 is 28.7 Å². The minimum absolute atomic E-state index is 0.000417. The van der Waals surface area contributed by atoms with Crippen LogP contribution in [0.2, 0.25) is 5.02 Å². The molecule has 0 fully saturated rings. The molecule has 2 aromatic rings. The number of benzene rings is 1. The predicted octanol–water partition coefficient (Wildman–Crippen LogP) is 4.09. The van der Waals surface area contributed by atoms with E-state index in [1.807, 2.05) is 0 Å². The summed E-state index contributed by atoms with van der Waals surface area (Å²) in [6.45, 7) is 1.81. The van der Waals surface area contributed by atoms with Crippen LogP contribution in [0.15, 0.2) is 23.6 Å². The molecular weight excluding hydrogens is 275 g/mol. The highest BCUT2D eigenvalue weighted by atomic mass is 35.5. The molecule has 0 amide bonds. The predicted molar refractivity (Wildman–Crippen MR) is 70.5 cm³/mol. The van der Waals surface area contributed by atoms with Crippen molar-refractivity contribution in [3.05, 3.63) is 50.4 Å².